The molecule has 0 saturated carbocycles. The summed E-state index contributed by atoms with van der Waals surface area (Å²) in [6.45, 7) is 6.60. The number of carbonyl (C=O) groups is 1. The largest absolute Gasteiger partial charge is 0.423 e. The van der Waals surface area contributed by atoms with E-state index in [9.17, 15) is 4.79 Å². The molecule has 0 radical (unpaired) electrons. The molecule has 3 aromatic rings. The predicted octanol–water partition coefficient (Wildman–Crippen LogP) is 7.23. The lowest BCUT2D eigenvalue weighted by Gasteiger charge is -2.09. The Hall–Kier alpha value is -3.13. The van der Waals surface area contributed by atoms with Gasteiger partial charge >= 0.3 is 5.97 Å². The van der Waals surface area contributed by atoms with Gasteiger partial charge in [-0.25, -0.2) is 4.79 Å². The number of hydrogen-bond acceptors (Lipinski definition) is 2. The second kappa shape index (κ2) is 10.6. The normalized spacial score (nSPS) is 12.1. The van der Waals surface area contributed by atoms with E-state index in [0.29, 0.717) is 17.2 Å². The highest BCUT2D eigenvalue weighted by molar-refractivity contribution is 5.91. The molecule has 0 spiro atoms. The van der Waals surface area contributed by atoms with Gasteiger partial charge in [-0.2, -0.15) is 0 Å². The molecular formula is C28H30O2. The Morgan fingerprint density at radius 2 is 1.33 bits per heavy atom. The van der Waals surface area contributed by atoms with E-state index < -0.39 is 0 Å². The molecule has 0 aliphatic rings. The van der Waals surface area contributed by atoms with Crippen molar-refractivity contribution in [2.75, 3.05) is 0 Å². The Morgan fingerprint density at radius 3 is 1.87 bits per heavy atom. The van der Waals surface area contributed by atoms with Crippen LogP contribution in [0.1, 0.15) is 59.8 Å². The molecule has 0 aliphatic carbocycles. The molecule has 0 aliphatic heterocycles. The Balaban J connectivity index is 1.58. The second-order valence-corrected chi connectivity index (χ2v) is 7.80. The van der Waals surface area contributed by atoms with E-state index in [2.05, 4.69) is 51.1 Å². The van der Waals surface area contributed by atoms with Gasteiger partial charge in [0.25, 0.3) is 0 Å². The first-order valence-corrected chi connectivity index (χ1v) is 10.8. The Bertz CT molecular complexity index is 965. The van der Waals surface area contributed by atoms with E-state index in [1.807, 2.05) is 42.5 Å². The highest BCUT2D eigenvalue weighted by Crippen LogP contribution is 2.18. The molecule has 3 rings (SSSR count). The average molecular weight is 399 g/mol. The van der Waals surface area contributed by atoms with Crippen molar-refractivity contribution in [3.05, 3.63) is 101 Å². The Labute approximate surface area is 180 Å². The number of hydrogen-bond donors (Lipinski definition) is 0. The molecule has 2 heteroatoms. The number of esters is 1. The van der Waals surface area contributed by atoms with Crippen LogP contribution >= 0.6 is 0 Å². The molecule has 154 valence electrons. The predicted molar refractivity (Wildman–Crippen MR) is 126 cm³/mol. The maximum Gasteiger partial charge on any atom is 0.343 e. The maximum absolute atomic E-state index is 12.4. The lowest BCUT2D eigenvalue weighted by molar-refractivity contribution is 0.0734. The summed E-state index contributed by atoms with van der Waals surface area (Å²) < 4.78 is 5.52. The number of rotatable bonds is 8. The summed E-state index contributed by atoms with van der Waals surface area (Å²) in [5, 5.41) is 0. The second-order valence-electron chi connectivity index (χ2n) is 7.80. The van der Waals surface area contributed by atoms with Gasteiger partial charge in [0.15, 0.2) is 0 Å². The third-order valence-electron chi connectivity index (χ3n) is 5.42. The molecule has 0 amide bonds. The van der Waals surface area contributed by atoms with Crippen LogP contribution in [0.2, 0.25) is 0 Å². The number of carbonyl (C=O) groups excluding carboxylic acids is 1. The summed E-state index contributed by atoms with van der Waals surface area (Å²) >= 11 is 0. The Kier molecular flexibility index (Phi) is 7.62. The topological polar surface area (TPSA) is 26.3 Å². The summed E-state index contributed by atoms with van der Waals surface area (Å²) in [5.41, 5.74) is 5.35. The van der Waals surface area contributed by atoms with Crippen LogP contribution in [0.4, 0.5) is 0 Å². The van der Waals surface area contributed by atoms with Crippen molar-refractivity contribution in [1.29, 1.82) is 0 Å². The zero-order chi connectivity index (χ0) is 21.3. The van der Waals surface area contributed by atoms with E-state index in [-0.39, 0.29) is 5.97 Å². The fourth-order valence-corrected chi connectivity index (χ4v) is 3.19. The Morgan fingerprint density at radius 1 is 0.800 bits per heavy atom. The summed E-state index contributed by atoms with van der Waals surface area (Å²) in [6, 6.07) is 23.8. The number of benzene rings is 3. The van der Waals surface area contributed by atoms with Gasteiger partial charge in [-0.15, -0.1) is 0 Å². The van der Waals surface area contributed by atoms with Crippen molar-refractivity contribution in [2.45, 2.75) is 40.0 Å². The molecule has 30 heavy (non-hydrogen) atoms. The van der Waals surface area contributed by atoms with Gasteiger partial charge in [0.2, 0.25) is 0 Å². The summed E-state index contributed by atoms with van der Waals surface area (Å²) in [7, 11) is 0. The van der Waals surface area contributed by atoms with E-state index in [1.165, 1.54) is 11.1 Å². The van der Waals surface area contributed by atoms with Crippen molar-refractivity contribution < 1.29 is 9.53 Å². The molecule has 0 bridgehead atoms. The fraction of sp³-hybridized carbons (Fsp3) is 0.250. The van der Waals surface area contributed by atoms with Crippen molar-refractivity contribution in [1.82, 2.24) is 0 Å². The molecule has 1 atom stereocenters. The van der Waals surface area contributed by atoms with Crippen LogP contribution in [0.25, 0.3) is 12.2 Å². The summed E-state index contributed by atoms with van der Waals surface area (Å²) in [5.74, 6) is 0.893. The minimum Gasteiger partial charge on any atom is -0.423 e. The van der Waals surface area contributed by atoms with Crippen molar-refractivity contribution in [2.24, 2.45) is 5.92 Å². The molecule has 1 unspecified atom stereocenters. The van der Waals surface area contributed by atoms with Crippen LogP contribution in [0.3, 0.4) is 0 Å². The quantitative estimate of drug-likeness (QED) is 0.227. The van der Waals surface area contributed by atoms with Gasteiger partial charge in [0.1, 0.15) is 5.75 Å². The maximum atomic E-state index is 12.4. The molecule has 0 aromatic heterocycles. The van der Waals surface area contributed by atoms with Gasteiger partial charge in [-0.05, 0) is 65.3 Å². The third kappa shape index (κ3) is 6.18. The number of ether oxygens (including phenoxy) is 1. The zero-order valence-electron chi connectivity index (χ0n) is 18.1. The molecule has 0 heterocycles. The first kappa shape index (κ1) is 21.6. The molecule has 0 saturated heterocycles. The minimum absolute atomic E-state index is 0.338. The van der Waals surface area contributed by atoms with E-state index in [1.54, 1.807) is 12.1 Å². The first-order valence-electron chi connectivity index (χ1n) is 10.8. The van der Waals surface area contributed by atoms with Gasteiger partial charge in [0.05, 0.1) is 5.56 Å². The van der Waals surface area contributed by atoms with Gasteiger partial charge < -0.3 is 4.74 Å². The summed E-state index contributed by atoms with van der Waals surface area (Å²) in [6.07, 6.45) is 7.37. The smallest absolute Gasteiger partial charge is 0.343 e. The van der Waals surface area contributed by atoms with Crippen molar-refractivity contribution in [3.8, 4) is 5.75 Å². The zero-order valence-corrected chi connectivity index (χ0v) is 18.1. The highest BCUT2D eigenvalue weighted by atomic mass is 16.5. The van der Waals surface area contributed by atoms with Crippen LogP contribution in [0, 0.1) is 5.92 Å². The number of aryl methyl sites for hydroxylation is 1. The van der Waals surface area contributed by atoms with Gasteiger partial charge in [0, 0.05) is 0 Å². The van der Waals surface area contributed by atoms with Gasteiger partial charge in [-0.3, -0.25) is 0 Å². The van der Waals surface area contributed by atoms with Crippen LogP contribution in [-0.4, -0.2) is 5.97 Å². The van der Waals surface area contributed by atoms with Crippen LogP contribution in [0.5, 0.6) is 5.75 Å². The minimum atomic E-state index is -0.338. The third-order valence-corrected chi connectivity index (χ3v) is 5.42. The fourth-order valence-electron chi connectivity index (χ4n) is 3.19. The molecule has 2 nitrogen and oxygen atoms in total. The molecule has 3 aromatic carbocycles. The van der Waals surface area contributed by atoms with Crippen molar-refractivity contribution >= 4 is 18.1 Å². The first-order chi connectivity index (χ1) is 14.6. The standard InChI is InChI=1S/C28H30O2/c1-4-21(3)20-25-14-18-27(19-15-25)30-28(29)26-16-12-24(13-17-26)11-10-23-8-6-22(5-2)7-9-23/h6-19,21H,4-5,20H2,1-3H3. The van der Waals surface area contributed by atoms with Crippen LogP contribution in [0.15, 0.2) is 72.8 Å². The van der Waals surface area contributed by atoms with Crippen LogP contribution in [-0.2, 0) is 12.8 Å². The van der Waals surface area contributed by atoms with E-state index >= 15 is 0 Å². The molecule has 0 fully saturated rings. The monoisotopic (exact) mass is 398 g/mol. The highest BCUT2D eigenvalue weighted by Gasteiger charge is 2.09. The molecular weight excluding hydrogens is 368 g/mol. The lowest BCUT2D eigenvalue weighted by atomic mass is 9.99. The average Bonchev–Trinajstić information content (AvgIpc) is 2.79. The van der Waals surface area contributed by atoms with E-state index in [4.69, 9.17) is 4.74 Å². The van der Waals surface area contributed by atoms with Crippen molar-refractivity contribution in [3.63, 3.8) is 0 Å². The van der Waals surface area contributed by atoms with Crippen LogP contribution < -0.4 is 4.74 Å². The SMILES string of the molecule is CCc1ccc(C=Cc2ccc(C(=O)Oc3ccc(CC(C)CC)cc3)cc2)cc1. The molecule has 0 N–H and O–H groups in total. The lowest BCUT2D eigenvalue weighted by Crippen LogP contribution is -2.08. The van der Waals surface area contributed by atoms with E-state index in [0.717, 1.165) is 30.4 Å². The summed E-state index contributed by atoms with van der Waals surface area (Å²) in [4.78, 5) is 12.4. The van der Waals surface area contributed by atoms with Gasteiger partial charge in [-0.1, -0.05) is 87.9 Å².